The van der Waals surface area contributed by atoms with Gasteiger partial charge in [-0.25, -0.2) is 0 Å². The van der Waals surface area contributed by atoms with Gasteiger partial charge in [-0.3, -0.25) is 4.79 Å². The van der Waals surface area contributed by atoms with E-state index in [9.17, 15) is 4.79 Å². The maximum atomic E-state index is 11.8. The zero-order valence-corrected chi connectivity index (χ0v) is 12.3. The van der Waals surface area contributed by atoms with Crippen LogP contribution in [0.4, 0.5) is 0 Å². The van der Waals surface area contributed by atoms with Crippen LogP contribution in [0.5, 0.6) is 5.75 Å². The van der Waals surface area contributed by atoms with Crippen molar-refractivity contribution in [3.63, 3.8) is 0 Å². The van der Waals surface area contributed by atoms with E-state index in [0.29, 0.717) is 6.54 Å². The number of carbonyl (C=O) groups is 1. The minimum Gasteiger partial charge on any atom is -0.496 e. The topological polar surface area (TPSA) is 38.3 Å². The van der Waals surface area contributed by atoms with Crippen LogP contribution in [-0.4, -0.2) is 13.0 Å². The summed E-state index contributed by atoms with van der Waals surface area (Å²) in [5.74, 6) is 0.655. The van der Waals surface area contributed by atoms with Gasteiger partial charge in [0.2, 0.25) is 5.91 Å². The third-order valence-electron chi connectivity index (χ3n) is 3.11. The number of para-hydroxylation sites is 1. The summed E-state index contributed by atoms with van der Waals surface area (Å²) >= 11 is 0. The Morgan fingerprint density at radius 3 is 2.76 bits per heavy atom. The highest BCUT2D eigenvalue weighted by atomic mass is 16.5. The normalized spacial score (nSPS) is 10.6. The number of nitrogens with one attached hydrogen (secondary N) is 1. The first kappa shape index (κ1) is 14.9. The Bertz CT molecular complexity index is 647. The molecule has 0 aromatic heterocycles. The van der Waals surface area contributed by atoms with E-state index in [0.717, 1.165) is 16.9 Å². The highest BCUT2D eigenvalue weighted by Crippen LogP contribution is 2.16. The van der Waals surface area contributed by atoms with Gasteiger partial charge in [0.25, 0.3) is 0 Å². The molecule has 3 nitrogen and oxygen atoms in total. The molecule has 0 heterocycles. The van der Waals surface area contributed by atoms with Crippen molar-refractivity contribution in [3.8, 4) is 5.75 Å². The van der Waals surface area contributed by atoms with E-state index in [1.807, 2.05) is 61.5 Å². The smallest absolute Gasteiger partial charge is 0.244 e. The van der Waals surface area contributed by atoms with E-state index in [4.69, 9.17) is 4.74 Å². The van der Waals surface area contributed by atoms with E-state index >= 15 is 0 Å². The fraction of sp³-hybridized carbons (Fsp3) is 0.167. The number of ether oxygens (including phenoxy) is 1. The van der Waals surface area contributed by atoms with Crippen LogP contribution in [0, 0.1) is 6.92 Å². The van der Waals surface area contributed by atoms with Gasteiger partial charge in [-0.05, 0) is 24.6 Å². The molecule has 0 atom stereocenters. The molecule has 0 saturated carbocycles. The molecule has 0 saturated heterocycles. The highest BCUT2D eigenvalue weighted by Gasteiger charge is 2.02. The van der Waals surface area contributed by atoms with Crippen molar-refractivity contribution in [2.75, 3.05) is 7.11 Å². The lowest BCUT2D eigenvalue weighted by Crippen LogP contribution is -2.20. The van der Waals surface area contributed by atoms with Crippen molar-refractivity contribution in [3.05, 3.63) is 71.3 Å². The van der Waals surface area contributed by atoms with Crippen LogP contribution >= 0.6 is 0 Å². The Morgan fingerprint density at radius 2 is 2.00 bits per heavy atom. The first-order chi connectivity index (χ1) is 10.2. The average molecular weight is 281 g/mol. The molecule has 3 heteroatoms. The standard InChI is InChI=1S/C18H19NO2/c1-14-6-5-7-15(12-14)10-11-18(20)19-13-16-8-3-4-9-17(16)21-2/h3-12H,13H2,1-2H3,(H,19,20)/b11-10-. The monoisotopic (exact) mass is 281 g/mol. The maximum absolute atomic E-state index is 11.8. The van der Waals surface area contributed by atoms with Gasteiger partial charge < -0.3 is 10.1 Å². The fourth-order valence-corrected chi connectivity index (χ4v) is 2.04. The number of hydrogen-bond acceptors (Lipinski definition) is 2. The van der Waals surface area contributed by atoms with E-state index < -0.39 is 0 Å². The Balaban J connectivity index is 1.93. The number of aryl methyl sites for hydroxylation is 1. The molecule has 0 bridgehead atoms. The molecule has 0 fully saturated rings. The lowest BCUT2D eigenvalue weighted by atomic mass is 10.1. The summed E-state index contributed by atoms with van der Waals surface area (Å²) in [6, 6.07) is 15.6. The molecule has 0 unspecified atom stereocenters. The second-order valence-electron chi connectivity index (χ2n) is 4.78. The van der Waals surface area contributed by atoms with Crippen LogP contribution in [0.1, 0.15) is 16.7 Å². The SMILES string of the molecule is COc1ccccc1CNC(=O)/C=C\c1cccc(C)c1. The second-order valence-corrected chi connectivity index (χ2v) is 4.78. The minimum absolute atomic E-state index is 0.123. The van der Waals surface area contributed by atoms with Crippen LogP contribution in [-0.2, 0) is 11.3 Å². The first-order valence-electron chi connectivity index (χ1n) is 6.83. The third kappa shape index (κ3) is 4.49. The lowest BCUT2D eigenvalue weighted by molar-refractivity contribution is -0.116. The number of hydrogen-bond donors (Lipinski definition) is 1. The molecule has 0 aliphatic heterocycles. The van der Waals surface area contributed by atoms with Gasteiger partial charge in [0.05, 0.1) is 7.11 Å². The van der Waals surface area contributed by atoms with Crippen LogP contribution in [0.2, 0.25) is 0 Å². The molecule has 2 rings (SSSR count). The van der Waals surface area contributed by atoms with Gasteiger partial charge in [-0.2, -0.15) is 0 Å². The quantitative estimate of drug-likeness (QED) is 0.854. The van der Waals surface area contributed by atoms with Crippen molar-refractivity contribution in [1.29, 1.82) is 0 Å². The molecule has 0 aliphatic carbocycles. The fourth-order valence-electron chi connectivity index (χ4n) is 2.04. The number of rotatable bonds is 5. The summed E-state index contributed by atoms with van der Waals surface area (Å²) in [5, 5.41) is 2.85. The van der Waals surface area contributed by atoms with Crippen LogP contribution in [0.15, 0.2) is 54.6 Å². The minimum atomic E-state index is -0.123. The van der Waals surface area contributed by atoms with E-state index in [2.05, 4.69) is 5.32 Å². The first-order valence-corrected chi connectivity index (χ1v) is 6.83. The number of benzene rings is 2. The molecule has 0 aliphatic rings. The van der Waals surface area contributed by atoms with Gasteiger partial charge in [0, 0.05) is 18.2 Å². The van der Waals surface area contributed by atoms with Crippen molar-refractivity contribution in [1.82, 2.24) is 5.32 Å². The van der Waals surface area contributed by atoms with Crippen molar-refractivity contribution < 1.29 is 9.53 Å². The Morgan fingerprint density at radius 1 is 1.19 bits per heavy atom. The molecule has 1 N–H and O–H groups in total. The molecule has 0 radical (unpaired) electrons. The highest BCUT2D eigenvalue weighted by molar-refractivity contribution is 5.91. The van der Waals surface area contributed by atoms with Gasteiger partial charge >= 0.3 is 0 Å². The molecule has 2 aromatic rings. The second kappa shape index (κ2) is 7.29. The summed E-state index contributed by atoms with van der Waals surface area (Å²) in [5.41, 5.74) is 3.14. The molecule has 2 aromatic carbocycles. The van der Waals surface area contributed by atoms with Gasteiger partial charge in [0.1, 0.15) is 5.75 Å². The van der Waals surface area contributed by atoms with Crippen molar-refractivity contribution in [2.45, 2.75) is 13.5 Å². The predicted molar refractivity (Wildman–Crippen MR) is 85.1 cm³/mol. The zero-order valence-electron chi connectivity index (χ0n) is 12.3. The third-order valence-corrected chi connectivity index (χ3v) is 3.11. The van der Waals surface area contributed by atoms with Gasteiger partial charge in [-0.1, -0.05) is 48.0 Å². The van der Waals surface area contributed by atoms with Crippen LogP contribution in [0.25, 0.3) is 6.08 Å². The summed E-state index contributed by atoms with van der Waals surface area (Å²) < 4.78 is 5.25. The van der Waals surface area contributed by atoms with E-state index in [1.165, 1.54) is 5.56 Å². The average Bonchev–Trinajstić information content (AvgIpc) is 2.51. The van der Waals surface area contributed by atoms with Crippen LogP contribution < -0.4 is 10.1 Å². The Labute approximate surface area is 125 Å². The summed E-state index contributed by atoms with van der Waals surface area (Å²) in [6.07, 6.45) is 3.36. The van der Waals surface area contributed by atoms with Gasteiger partial charge in [-0.15, -0.1) is 0 Å². The van der Waals surface area contributed by atoms with E-state index in [1.54, 1.807) is 13.2 Å². The molecular weight excluding hydrogens is 262 g/mol. The number of carbonyl (C=O) groups excluding carboxylic acids is 1. The Hall–Kier alpha value is -2.55. The van der Waals surface area contributed by atoms with E-state index in [-0.39, 0.29) is 5.91 Å². The molecule has 1 amide bonds. The number of amides is 1. The Kier molecular flexibility index (Phi) is 5.16. The lowest BCUT2D eigenvalue weighted by Gasteiger charge is -2.08. The summed E-state index contributed by atoms with van der Waals surface area (Å²) in [7, 11) is 1.62. The van der Waals surface area contributed by atoms with Gasteiger partial charge in [0.15, 0.2) is 0 Å². The maximum Gasteiger partial charge on any atom is 0.244 e. The number of methoxy groups -OCH3 is 1. The summed E-state index contributed by atoms with van der Waals surface area (Å²) in [6.45, 7) is 2.47. The summed E-state index contributed by atoms with van der Waals surface area (Å²) in [4.78, 5) is 11.8. The zero-order chi connectivity index (χ0) is 15.1. The van der Waals surface area contributed by atoms with Crippen molar-refractivity contribution in [2.24, 2.45) is 0 Å². The van der Waals surface area contributed by atoms with Crippen LogP contribution in [0.3, 0.4) is 0 Å². The molecular formula is C18H19NO2. The van der Waals surface area contributed by atoms with Crippen molar-refractivity contribution >= 4 is 12.0 Å². The molecule has 0 spiro atoms. The predicted octanol–water partition coefficient (Wildman–Crippen LogP) is 3.33. The molecule has 108 valence electrons. The molecule has 21 heavy (non-hydrogen) atoms. The largest absolute Gasteiger partial charge is 0.496 e.